The fourth-order valence-electron chi connectivity index (χ4n) is 0.949. The Kier molecular flexibility index (Phi) is 2.62. The molecule has 1 unspecified atom stereocenters. The highest BCUT2D eigenvalue weighted by Gasteiger charge is 2.28. The molecule has 1 fully saturated rings. The first-order valence-electron chi connectivity index (χ1n) is 3.52. The molecule has 0 spiro atoms. The molecule has 66 valence electrons. The van der Waals surface area contributed by atoms with Gasteiger partial charge in [0.1, 0.15) is 6.04 Å². The van der Waals surface area contributed by atoms with Gasteiger partial charge in [0, 0.05) is 6.54 Å². The smallest absolute Gasteiger partial charge is 0.322 e. The van der Waals surface area contributed by atoms with Crippen LogP contribution in [0.1, 0.15) is 6.42 Å². The van der Waals surface area contributed by atoms with Crippen LogP contribution in [0.25, 0.3) is 0 Å². The Morgan fingerprint density at radius 3 is 2.75 bits per heavy atom. The Labute approximate surface area is 68.7 Å². The minimum Gasteiger partial charge on any atom is -0.359 e. The molecule has 0 aromatic heterocycles. The first-order chi connectivity index (χ1) is 5.74. The largest absolute Gasteiger partial charge is 0.359 e. The van der Waals surface area contributed by atoms with E-state index in [-0.39, 0.29) is 5.91 Å². The molecule has 1 atom stereocenters. The van der Waals surface area contributed by atoms with E-state index in [1.165, 1.54) is 0 Å². The monoisotopic (exact) mass is 171 g/mol. The van der Waals surface area contributed by atoms with E-state index in [1.54, 1.807) is 0 Å². The standard InChI is InChI=1S/C6H9N3O3/c10-3-7-2-1-4-5(11)9-6(12)8-4/h3-4H,1-2H2,(H,7,10)(H2,8,9,11,12). The molecule has 0 saturated carbocycles. The zero-order valence-corrected chi connectivity index (χ0v) is 6.29. The van der Waals surface area contributed by atoms with Crippen LogP contribution < -0.4 is 16.0 Å². The van der Waals surface area contributed by atoms with Gasteiger partial charge in [-0.2, -0.15) is 0 Å². The molecule has 0 aromatic rings. The predicted molar refractivity (Wildman–Crippen MR) is 39.1 cm³/mol. The normalized spacial score (nSPS) is 21.5. The summed E-state index contributed by atoms with van der Waals surface area (Å²) in [5.74, 6) is -0.340. The maximum Gasteiger partial charge on any atom is 0.322 e. The van der Waals surface area contributed by atoms with Crippen LogP contribution in [-0.4, -0.2) is 30.9 Å². The number of nitrogens with one attached hydrogen (secondary N) is 3. The van der Waals surface area contributed by atoms with Gasteiger partial charge in [0.15, 0.2) is 0 Å². The van der Waals surface area contributed by atoms with Gasteiger partial charge in [0.05, 0.1) is 0 Å². The van der Waals surface area contributed by atoms with Crippen molar-refractivity contribution in [2.24, 2.45) is 0 Å². The van der Waals surface area contributed by atoms with Crippen molar-refractivity contribution in [3.63, 3.8) is 0 Å². The van der Waals surface area contributed by atoms with Crippen molar-refractivity contribution in [2.75, 3.05) is 6.54 Å². The zero-order valence-electron chi connectivity index (χ0n) is 6.29. The lowest BCUT2D eigenvalue weighted by Gasteiger charge is -2.04. The van der Waals surface area contributed by atoms with Gasteiger partial charge in [-0.05, 0) is 6.42 Å². The number of rotatable bonds is 4. The van der Waals surface area contributed by atoms with Gasteiger partial charge in [-0.1, -0.05) is 0 Å². The molecule has 1 rings (SSSR count). The number of carbonyl (C=O) groups excluding carboxylic acids is 3. The lowest BCUT2D eigenvalue weighted by molar-refractivity contribution is -0.120. The third kappa shape index (κ3) is 1.94. The summed E-state index contributed by atoms with van der Waals surface area (Å²) in [6.45, 7) is 0.377. The van der Waals surface area contributed by atoms with Crippen LogP contribution in [0.3, 0.4) is 0 Å². The minimum absolute atomic E-state index is 0.340. The highest BCUT2D eigenvalue weighted by atomic mass is 16.2. The lowest BCUT2D eigenvalue weighted by Crippen LogP contribution is -2.32. The van der Waals surface area contributed by atoms with Gasteiger partial charge < -0.3 is 10.6 Å². The number of carbonyl (C=O) groups is 3. The maximum atomic E-state index is 10.9. The summed E-state index contributed by atoms with van der Waals surface area (Å²) in [4.78, 5) is 31.3. The van der Waals surface area contributed by atoms with Crippen LogP contribution in [0.2, 0.25) is 0 Å². The Hall–Kier alpha value is -1.59. The van der Waals surface area contributed by atoms with Crippen LogP contribution in [0.5, 0.6) is 0 Å². The summed E-state index contributed by atoms with van der Waals surface area (Å²) in [5.41, 5.74) is 0. The first-order valence-corrected chi connectivity index (χ1v) is 3.52. The third-order valence-electron chi connectivity index (χ3n) is 1.52. The Balaban J connectivity index is 2.28. The van der Waals surface area contributed by atoms with E-state index in [9.17, 15) is 14.4 Å². The number of amides is 4. The SMILES string of the molecule is O=CNCCC1NC(=O)NC1=O. The van der Waals surface area contributed by atoms with Crippen LogP contribution >= 0.6 is 0 Å². The van der Waals surface area contributed by atoms with E-state index >= 15 is 0 Å². The minimum atomic E-state index is -0.509. The number of hydrogen-bond donors (Lipinski definition) is 3. The molecule has 12 heavy (non-hydrogen) atoms. The summed E-state index contributed by atoms with van der Waals surface area (Å²) >= 11 is 0. The molecule has 3 N–H and O–H groups in total. The molecule has 0 bridgehead atoms. The van der Waals surface area contributed by atoms with Gasteiger partial charge >= 0.3 is 6.03 Å². The van der Waals surface area contributed by atoms with E-state index in [1.807, 2.05) is 0 Å². The van der Waals surface area contributed by atoms with Crippen molar-refractivity contribution in [1.82, 2.24) is 16.0 Å². The van der Waals surface area contributed by atoms with Crippen LogP contribution in [0.15, 0.2) is 0 Å². The maximum absolute atomic E-state index is 10.9. The second-order valence-electron chi connectivity index (χ2n) is 2.38. The van der Waals surface area contributed by atoms with Crippen molar-refractivity contribution in [1.29, 1.82) is 0 Å². The molecule has 1 aliphatic heterocycles. The van der Waals surface area contributed by atoms with E-state index in [0.29, 0.717) is 19.4 Å². The molecule has 4 amide bonds. The second-order valence-corrected chi connectivity index (χ2v) is 2.38. The molecular weight excluding hydrogens is 162 g/mol. The summed E-state index contributed by atoms with van der Waals surface area (Å²) in [7, 11) is 0. The quantitative estimate of drug-likeness (QED) is 0.268. The molecular formula is C6H9N3O3. The highest BCUT2D eigenvalue weighted by Crippen LogP contribution is 1.96. The van der Waals surface area contributed by atoms with Crippen molar-refractivity contribution < 1.29 is 14.4 Å². The average molecular weight is 171 g/mol. The molecule has 0 aliphatic carbocycles. The molecule has 1 saturated heterocycles. The third-order valence-corrected chi connectivity index (χ3v) is 1.52. The Morgan fingerprint density at radius 1 is 1.50 bits per heavy atom. The van der Waals surface area contributed by atoms with E-state index in [2.05, 4.69) is 16.0 Å². The van der Waals surface area contributed by atoms with Crippen LogP contribution in [0.4, 0.5) is 4.79 Å². The molecule has 1 heterocycles. The molecule has 6 nitrogen and oxygen atoms in total. The summed E-state index contributed by atoms with van der Waals surface area (Å²) in [6, 6.07) is -0.985. The highest BCUT2D eigenvalue weighted by molar-refractivity contribution is 6.04. The molecule has 1 aliphatic rings. The van der Waals surface area contributed by atoms with Gasteiger partial charge in [-0.15, -0.1) is 0 Å². The molecule has 6 heteroatoms. The van der Waals surface area contributed by atoms with Crippen molar-refractivity contribution in [3.05, 3.63) is 0 Å². The van der Waals surface area contributed by atoms with E-state index in [0.717, 1.165) is 0 Å². The fourth-order valence-corrected chi connectivity index (χ4v) is 0.949. The first kappa shape index (κ1) is 8.51. The zero-order chi connectivity index (χ0) is 8.97. The molecule has 0 radical (unpaired) electrons. The van der Waals surface area contributed by atoms with E-state index < -0.39 is 12.1 Å². The van der Waals surface area contributed by atoms with Gasteiger partial charge in [-0.25, -0.2) is 4.79 Å². The van der Waals surface area contributed by atoms with Gasteiger partial charge in [-0.3, -0.25) is 14.9 Å². The van der Waals surface area contributed by atoms with Crippen molar-refractivity contribution in [3.8, 4) is 0 Å². The summed E-state index contributed by atoms with van der Waals surface area (Å²) in [5, 5.41) is 6.89. The second kappa shape index (κ2) is 3.70. The van der Waals surface area contributed by atoms with Crippen molar-refractivity contribution >= 4 is 18.3 Å². The van der Waals surface area contributed by atoms with Gasteiger partial charge in [0.25, 0.3) is 5.91 Å². The predicted octanol–water partition coefficient (Wildman–Crippen LogP) is -1.67. The van der Waals surface area contributed by atoms with Crippen LogP contribution in [0, 0.1) is 0 Å². The number of imide groups is 1. The lowest BCUT2D eigenvalue weighted by atomic mass is 10.2. The van der Waals surface area contributed by atoms with Crippen molar-refractivity contribution in [2.45, 2.75) is 12.5 Å². The van der Waals surface area contributed by atoms with Crippen LogP contribution in [-0.2, 0) is 9.59 Å². The fraction of sp³-hybridized carbons (Fsp3) is 0.500. The Bertz CT molecular complexity index is 216. The Morgan fingerprint density at radius 2 is 2.25 bits per heavy atom. The number of urea groups is 1. The average Bonchev–Trinajstić information content (AvgIpc) is 2.31. The molecule has 0 aromatic carbocycles. The van der Waals surface area contributed by atoms with E-state index in [4.69, 9.17) is 0 Å². The summed E-state index contributed by atoms with van der Waals surface area (Å²) in [6.07, 6.45) is 0.963. The topological polar surface area (TPSA) is 87.3 Å². The van der Waals surface area contributed by atoms with Gasteiger partial charge in [0.2, 0.25) is 6.41 Å². The number of hydrogen-bond acceptors (Lipinski definition) is 3. The summed E-state index contributed by atoms with van der Waals surface area (Å²) < 4.78 is 0.